The van der Waals surface area contributed by atoms with Gasteiger partial charge >= 0.3 is 27.7 Å². The van der Waals surface area contributed by atoms with E-state index in [0.717, 1.165) is 25.7 Å². The molecule has 0 saturated carbocycles. The number of hydrogen-bond acceptors (Lipinski definition) is 6. The molecule has 0 radical (unpaired) electrons. The normalized spacial score (nSPS) is 11.5. The Bertz CT molecular complexity index is 528. The second-order valence-electron chi connectivity index (χ2n) is 8.89. The van der Waals surface area contributed by atoms with Crippen molar-refractivity contribution in [2.24, 2.45) is 0 Å². The van der Waals surface area contributed by atoms with Crippen LogP contribution in [-0.4, -0.2) is 37.4 Å². The molecule has 0 aliphatic carbocycles. The largest absolute Gasteiger partial charge is 2.00 e. The van der Waals surface area contributed by atoms with Gasteiger partial charge in [-0.25, -0.2) is 16.8 Å². The van der Waals surface area contributed by atoms with Crippen LogP contribution in [0.25, 0.3) is 0 Å². The predicted octanol–water partition coefficient (Wildman–Crippen LogP) is 6.90. The molecule has 0 aromatic rings. The van der Waals surface area contributed by atoms with E-state index in [-0.39, 0.29) is 39.2 Å². The Balaban J connectivity index is -0.000000529. The van der Waals surface area contributed by atoms with Crippen molar-refractivity contribution in [1.29, 1.82) is 0 Å². The quantitative estimate of drug-likeness (QED) is 0.0690. The van der Waals surface area contributed by atoms with E-state index >= 15 is 0 Å². The Morgan fingerprint density at radius 2 is 0.576 bits per heavy atom. The summed E-state index contributed by atoms with van der Waals surface area (Å²) >= 11 is 0. The van der Waals surface area contributed by atoms with Crippen LogP contribution < -0.4 is 0 Å². The summed E-state index contributed by atoms with van der Waals surface area (Å²) in [6, 6.07) is 0. The van der Waals surface area contributed by atoms with E-state index in [4.69, 9.17) is 0 Å². The summed E-state index contributed by atoms with van der Waals surface area (Å²) in [5, 5.41) is 0. The second kappa shape index (κ2) is 27.3. The van der Waals surface area contributed by atoms with E-state index in [1.165, 1.54) is 89.9 Å². The molecular weight excluding hydrogens is 649 g/mol. The van der Waals surface area contributed by atoms with Crippen LogP contribution in [-0.2, 0) is 47.9 Å². The molecule has 0 amide bonds. The molecule has 0 unspecified atom stereocenters. The summed E-state index contributed by atoms with van der Waals surface area (Å²) in [6.07, 6.45) is 22.9. The molecule has 0 fully saturated rings. The molecule has 0 bridgehead atoms. The van der Waals surface area contributed by atoms with Crippen molar-refractivity contribution in [3.63, 3.8) is 0 Å². The number of unbranched alkanes of at least 4 members (excludes halogenated alkanes) is 18. The molecule has 0 aromatic carbocycles. The molecule has 33 heavy (non-hydrogen) atoms. The Kier molecular flexibility index (Phi) is 31.7. The van der Waals surface area contributed by atoms with Crippen LogP contribution in [0.1, 0.15) is 142 Å². The first kappa shape index (κ1) is 38.3. The van der Waals surface area contributed by atoms with E-state index in [1.54, 1.807) is 0 Å². The van der Waals surface area contributed by atoms with Crippen LogP contribution in [0, 0.1) is 0 Å². The minimum absolute atomic E-state index is 0. The first-order valence-corrected chi connectivity index (χ1v) is 16.1. The fourth-order valence-electron chi connectivity index (χ4n) is 3.53. The molecule has 9 heteroatoms. The summed E-state index contributed by atoms with van der Waals surface area (Å²) in [5.74, 6) is -0.382. The molecule has 196 valence electrons. The Labute approximate surface area is 226 Å². The van der Waals surface area contributed by atoms with Gasteiger partial charge in [-0.3, -0.25) is 0 Å². The summed E-state index contributed by atoms with van der Waals surface area (Å²) in [6.45, 7) is 4.42. The Morgan fingerprint density at radius 1 is 0.394 bits per heavy atom. The third-order valence-electron chi connectivity index (χ3n) is 5.50. The zero-order valence-corrected chi connectivity index (χ0v) is 28.7. The molecule has 0 rings (SSSR count). The van der Waals surface area contributed by atoms with Crippen molar-refractivity contribution in [2.75, 3.05) is 11.5 Å². The van der Waals surface area contributed by atoms with E-state index in [0.29, 0.717) is 12.8 Å². The molecule has 0 aromatic heterocycles. The first-order chi connectivity index (χ1) is 15.1. The van der Waals surface area contributed by atoms with Crippen molar-refractivity contribution in [2.45, 2.75) is 142 Å². The summed E-state index contributed by atoms with van der Waals surface area (Å²) in [5.41, 5.74) is 0. The average Bonchev–Trinajstić information content (AvgIpc) is 2.70. The fourth-order valence-corrected chi connectivity index (χ4v) is 4.65. The second-order valence-corrected chi connectivity index (χ2v) is 11.9. The molecule has 0 aliphatic rings. The monoisotopic (exact) mass is 700 g/mol. The van der Waals surface area contributed by atoms with Crippen molar-refractivity contribution in [3.8, 4) is 0 Å². The molecule has 0 heterocycles. The smallest absolute Gasteiger partial charge is 0.748 e. The molecular formula is C24H50HgO6S2. The number of hydrogen-bond donors (Lipinski definition) is 0. The van der Waals surface area contributed by atoms with Gasteiger partial charge in [-0.1, -0.05) is 129 Å². The van der Waals surface area contributed by atoms with Crippen molar-refractivity contribution in [3.05, 3.63) is 0 Å². The van der Waals surface area contributed by atoms with Gasteiger partial charge in [-0.05, 0) is 12.8 Å². The van der Waals surface area contributed by atoms with Gasteiger partial charge in [0, 0.05) is 11.5 Å². The molecule has 6 nitrogen and oxygen atoms in total. The molecule has 0 spiro atoms. The molecule has 0 saturated heterocycles. The third kappa shape index (κ3) is 43.3. The summed E-state index contributed by atoms with van der Waals surface area (Å²) in [7, 11) is -7.96. The van der Waals surface area contributed by atoms with Crippen LogP contribution in [0.4, 0.5) is 0 Å². The molecule has 0 atom stereocenters. The summed E-state index contributed by atoms with van der Waals surface area (Å²) < 4.78 is 61.9. The van der Waals surface area contributed by atoms with Gasteiger partial charge in [0.1, 0.15) is 0 Å². The van der Waals surface area contributed by atoms with E-state index < -0.39 is 20.2 Å². The predicted molar refractivity (Wildman–Crippen MR) is 133 cm³/mol. The zero-order chi connectivity index (χ0) is 24.6. The summed E-state index contributed by atoms with van der Waals surface area (Å²) in [4.78, 5) is 0. The van der Waals surface area contributed by atoms with Crippen molar-refractivity contribution in [1.82, 2.24) is 0 Å². The maximum Gasteiger partial charge on any atom is 2.00 e. The van der Waals surface area contributed by atoms with Crippen LogP contribution in [0.15, 0.2) is 0 Å². The number of rotatable bonds is 22. The standard InChI is InChI=1S/2C12H26O3S.Hg/c2*1-2-3-4-5-6-7-8-9-10-11-12-16(13,14)15;/h2*2-12H2,1H3,(H,13,14,15);/q;;+2/p-2. The Hall–Kier alpha value is 0.755. The van der Waals surface area contributed by atoms with Gasteiger partial charge < -0.3 is 9.11 Å². The minimum Gasteiger partial charge on any atom is -0.748 e. The van der Waals surface area contributed by atoms with Crippen LogP contribution >= 0.6 is 0 Å². The van der Waals surface area contributed by atoms with Crippen LogP contribution in [0.2, 0.25) is 0 Å². The minimum atomic E-state index is -3.98. The third-order valence-corrected chi connectivity index (χ3v) is 7.07. The van der Waals surface area contributed by atoms with Crippen molar-refractivity contribution >= 4 is 20.2 Å². The van der Waals surface area contributed by atoms with Gasteiger partial charge in [0.25, 0.3) is 0 Å². The molecule has 0 aliphatic heterocycles. The maximum absolute atomic E-state index is 10.3. The van der Waals surface area contributed by atoms with Crippen LogP contribution in [0.5, 0.6) is 0 Å². The van der Waals surface area contributed by atoms with Gasteiger partial charge in [0.15, 0.2) is 0 Å². The zero-order valence-electron chi connectivity index (χ0n) is 21.5. The van der Waals surface area contributed by atoms with E-state index in [9.17, 15) is 25.9 Å². The van der Waals surface area contributed by atoms with Gasteiger partial charge in [-0.2, -0.15) is 0 Å². The van der Waals surface area contributed by atoms with Crippen LogP contribution in [0.3, 0.4) is 0 Å². The molecule has 0 N–H and O–H groups in total. The van der Waals surface area contributed by atoms with Gasteiger partial charge in [0.2, 0.25) is 0 Å². The van der Waals surface area contributed by atoms with Gasteiger partial charge in [-0.15, -0.1) is 0 Å². The van der Waals surface area contributed by atoms with E-state index in [2.05, 4.69) is 13.8 Å². The maximum atomic E-state index is 10.3. The van der Waals surface area contributed by atoms with Gasteiger partial charge in [0.05, 0.1) is 20.2 Å². The average molecular weight is 699 g/mol. The van der Waals surface area contributed by atoms with E-state index in [1.807, 2.05) is 0 Å². The first-order valence-electron chi connectivity index (χ1n) is 13.0. The topological polar surface area (TPSA) is 114 Å². The SMILES string of the molecule is CCCCCCCCCCCCS(=O)(=O)[O-].CCCCCCCCCCCCS(=O)(=O)[O-].[Hg+2]. The fraction of sp³-hybridized carbons (Fsp3) is 1.00. The van der Waals surface area contributed by atoms with Crippen molar-refractivity contribution < 1.29 is 53.6 Å². The Morgan fingerprint density at radius 3 is 0.758 bits per heavy atom.